The van der Waals surface area contributed by atoms with Crippen molar-refractivity contribution in [3.63, 3.8) is 0 Å². The number of aromatic nitrogens is 1. The zero-order valence-electron chi connectivity index (χ0n) is 17.5. The molecule has 0 aliphatic carbocycles. The van der Waals surface area contributed by atoms with Gasteiger partial charge in [-0.25, -0.2) is 13.2 Å². The number of urea groups is 1. The van der Waals surface area contributed by atoms with E-state index in [1.165, 1.54) is 6.92 Å². The highest BCUT2D eigenvalue weighted by molar-refractivity contribution is 7.92. The molecule has 2 aromatic carbocycles. The van der Waals surface area contributed by atoms with Crippen molar-refractivity contribution in [3.05, 3.63) is 65.9 Å². The molecule has 32 heavy (non-hydrogen) atoms. The summed E-state index contributed by atoms with van der Waals surface area (Å²) >= 11 is 0. The molecule has 1 aliphatic rings. The highest BCUT2D eigenvalue weighted by Gasteiger charge is 2.45. The molecule has 10 heteroatoms. The number of nitrogens with one attached hydrogen (secondary N) is 3. The van der Waals surface area contributed by atoms with Crippen molar-refractivity contribution in [3.8, 4) is 5.75 Å². The predicted octanol–water partition coefficient (Wildman–Crippen LogP) is 2.46. The number of para-hydroxylation sites is 1. The van der Waals surface area contributed by atoms with E-state index in [0.717, 1.165) is 22.2 Å². The molecule has 1 fully saturated rings. The molecule has 166 valence electrons. The molecule has 3 N–H and O–H groups in total. The maximum absolute atomic E-state index is 12.5. The first-order valence-corrected chi connectivity index (χ1v) is 11.5. The van der Waals surface area contributed by atoms with Crippen LogP contribution in [0.25, 0.3) is 10.9 Å². The first kappa shape index (κ1) is 21.6. The SMILES string of the molecule is Cc1nc2ccccc2cc1COc1ccc(NS(=O)(=O)CC2(C)NC(=O)NC2=O)cc1. The Morgan fingerprint density at radius 1 is 1.09 bits per heavy atom. The minimum Gasteiger partial charge on any atom is -0.489 e. The summed E-state index contributed by atoms with van der Waals surface area (Å²) < 4.78 is 33.2. The molecule has 0 saturated carbocycles. The number of imide groups is 1. The number of anilines is 1. The first-order chi connectivity index (χ1) is 15.1. The molecule has 1 unspecified atom stereocenters. The second-order valence-electron chi connectivity index (χ2n) is 7.84. The summed E-state index contributed by atoms with van der Waals surface area (Å²) in [5.74, 6) is -0.714. The summed E-state index contributed by atoms with van der Waals surface area (Å²) in [6, 6.07) is 15.6. The molecule has 1 atom stereocenters. The van der Waals surface area contributed by atoms with Crippen LogP contribution < -0.4 is 20.1 Å². The van der Waals surface area contributed by atoms with Crippen LogP contribution in [0.1, 0.15) is 18.2 Å². The summed E-state index contributed by atoms with van der Waals surface area (Å²) in [6.07, 6.45) is 0. The molecule has 4 rings (SSSR count). The Morgan fingerprint density at radius 2 is 1.81 bits per heavy atom. The van der Waals surface area contributed by atoms with E-state index in [4.69, 9.17) is 4.74 Å². The lowest BCUT2D eigenvalue weighted by atomic mass is 10.1. The fraction of sp³-hybridized carbons (Fsp3) is 0.227. The van der Waals surface area contributed by atoms with E-state index in [1.807, 2.05) is 42.6 Å². The zero-order chi connectivity index (χ0) is 22.9. The summed E-state index contributed by atoms with van der Waals surface area (Å²) in [5, 5.41) is 5.41. The zero-order valence-corrected chi connectivity index (χ0v) is 18.3. The number of ether oxygens (including phenoxy) is 1. The standard InChI is InChI=1S/C22H22N4O5S/c1-14-16(11-15-5-3-4-6-19(15)23-14)12-31-18-9-7-17(8-10-18)26-32(29,30)13-22(2)20(27)24-21(28)25-22/h3-11,26H,12-13H2,1-2H3,(H2,24,25,27,28). The highest BCUT2D eigenvalue weighted by Crippen LogP contribution is 2.22. The van der Waals surface area contributed by atoms with E-state index in [-0.39, 0.29) is 0 Å². The predicted molar refractivity (Wildman–Crippen MR) is 120 cm³/mol. The second-order valence-corrected chi connectivity index (χ2v) is 9.56. The maximum atomic E-state index is 12.5. The van der Waals surface area contributed by atoms with Crippen LogP contribution in [0.2, 0.25) is 0 Å². The Kier molecular flexibility index (Phi) is 5.47. The van der Waals surface area contributed by atoms with E-state index < -0.39 is 33.3 Å². The van der Waals surface area contributed by atoms with E-state index in [2.05, 4.69) is 15.0 Å². The number of hydrogen-bond donors (Lipinski definition) is 3. The van der Waals surface area contributed by atoms with Crippen LogP contribution >= 0.6 is 0 Å². The van der Waals surface area contributed by atoms with Gasteiger partial charge in [-0.3, -0.25) is 19.8 Å². The Labute approximate surface area is 185 Å². The Bertz CT molecular complexity index is 1310. The summed E-state index contributed by atoms with van der Waals surface area (Å²) in [5.41, 5.74) is 1.55. The van der Waals surface area contributed by atoms with E-state index >= 15 is 0 Å². The molecule has 0 bridgehead atoms. The van der Waals surface area contributed by atoms with Gasteiger partial charge in [-0.2, -0.15) is 0 Å². The van der Waals surface area contributed by atoms with E-state index in [1.54, 1.807) is 24.3 Å². The Balaban J connectivity index is 1.40. The number of sulfonamides is 1. The molecular weight excluding hydrogens is 432 g/mol. The van der Waals surface area contributed by atoms with Crippen LogP contribution in [0.5, 0.6) is 5.75 Å². The van der Waals surface area contributed by atoms with Gasteiger partial charge in [-0.15, -0.1) is 0 Å². The normalized spacial score (nSPS) is 18.3. The van der Waals surface area contributed by atoms with Crippen molar-refractivity contribution in [2.45, 2.75) is 26.0 Å². The van der Waals surface area contributed by atoms with Crippen LogP contribution in [-0.2, 0) is 21.4 Å². The number of aryl methyl sites for hydroxylation is 1. The molecule has 0 radical (unpaired) electrons. The third-order valence-electron chi connectivity index (χ3n) is 5.14. The average molecular weight is 455 g/mol. The summed E-state index contributed by atoms with van der Waals surface area (Å²) in [7, 11) is -3.90. The van der Waals surface area contributed by atoms with Crippen LogP contribution in [-0.4, -0.2) is 36.6 Å². The smallest absolute Gasteiger partial charge is 0.322 e. The van der Waals surface area contributed by atoms with E-state index in [9.17, 15) is 18.0 Å². The highest BCUT2D eigenvalue weighted by atomic mass is 32.2. The second kappa shape index (κ2) is 8.12. The quantitative estimate of drug-likeness (QED) is 0.471. The van der Waals surface area contributed by atoms with Gasteiger partial charge < -0.3 is 10.1 Å². The minimum absolute atomic E-state index is 0.314. The van der Waals surface area contributed by atoms with Gasteiger partial charge in [-0.05, 0) is 50.2 Å². The van der Waals surface area contributed by atoms with Crippen molar-refractivity contribution in [2.24, 2.45) is 0 Å². The fourth-order valence-corrected chi connectivity index (χ4v) is 4.99. The summed E-state index contributed by atoms with van der Waals surface area (Å²) in [4.78, 5) is 27.8. The number of benzene rings is 2. The van der Waals surface area contributed by atoms with Crippen molar-refractivity contribution in [2.75, 3.05) is 10.5 Å². The molecule has 0 spiro atoms. The third kappa shape index (κ3) is 4.65. The van der Waals surface area contributed by atoms with Gasteiger partial charge in [-0.1, -0.05) is 18.2 Å². The molecule has 1 aliphatic heterocycles. The number of pyridine rings is 1. The lowest BCUT2D eigenvalue weighted by Crippen LogP contribution is -2.50. The minimum atomic E-state index is -3.90. The molecule has 2 heterocycles. The number of amides is 3. The van der Waals surface area contributed by atoms with Crippen molar-refractivity contribution in [1.29, 1.82) is 0 Å². The number of carbonyl (C=O) groups is 2. The van der Waals surface area contributed by atoms with Crippen molar-refractivity contribution >= 4 is 38.6 Å². The van der Waals surface area contributed by atoms with Crippen molar-refractivity contribution < 1.29 is 22.7 Å². The van der Waals surface area contributed by atoms with Gasteiger partial charge in [0.05, 0.1) is 5.52 Å². The van der Waals surface area contributed by atoms with Crippen LogP contribution in [0.4, 0.5) is 10.5 Å². The molecule has 1 aromatic heterocycles. The van der Waals surface area contributed by atoms with Gasteiger partial charge in [0.1, 0.15) is 23.6 Å². The fourth-order valence-electron chi connectivity index (χ4n) is 3.46. The largest absolute Gasteiger partial charge is 0.489 e. The number of nitrogens with zero attached hydrogens (tertiary/aromatic N) is 1. The van der Waals surface area contributed by atoms with Crippen LogP contribution in [0.3, 0.4) is 0 Å². The number of carbonyl (C=O) groups excluding carboxylic acids is 2. The Morgan fingerprint density at radius 3 is 2.50 bits per heavy atom. The van der Waals surface area contributed by atoms with Gasteiger partial charge in [0.15, 0.2) is 0 Å². The molecule has 9 nitrogen and oxygen atoms in total. The molecule has 3 amide bonds. The maximum Gasteiger partial charge on any atom is 0.322 e. The first-order valence-electron chi connectivity index (χ1n) is 9.86. The van der Waals surface area contributed by atoms with Gasteiger partial charge >= 0.3 is 6.03 Å². The van der Waals surface area contributed by atoms with Crippen molar-refractivity contribution in [1.82, 2.24) is 15.6 Å². The average Bonchev–Trinajstić information content (AvgIpc) is 2.97. The van der Waals surface area contributed by atoms with Gasteiger partial charge in [0, 0.05) is 22.3 Å². The molecule has 1 saturated heterocycles. The summed E-state index contributed by atoms with van der Waals surface area (Å²) in [6.45, 7) is 3.60. The number of hydrogen-bond acceptors (Lipinski definition) is 6. The van der Waals surface area contributed by atoms with Gasteiger partial charge in [0.2, 0.25) is 10.0 Å². The lowest BCUT2D eigenvalue weighted by molar-refractivity contribution is -0.122. The number of fused-ring (bicyclic) bond motifs is 1. The third-order valence-corrected chi connectivity index (χ3v) is 6.64. The van der Waals surface area contributed by atoms with Crippen LogP contribution in [0, 0.1) is 6.92 Å². The van der Waals surface area contributed by atoms with Gasteiger partial charge in [0.25, 0.3) is 5.91 Å². The molecule has 3 aromatic rings. The topological polar surface area (TPSA) is 126 Å². The molecular formula is C22H22N4O5S. The lowest BCUT2D eigenvalue weighted by Gasteiger charge is -2.20. The van der Waals surface area contributed by atoms with E-state index in [0.29, 0.717) is 18.0 Å². The Hall–Kier alpha value is -3.66. The monoisotopic (exact) mass is 454 g/mol. The number of rotatable bonds is 7. The van der Waals surface area contributed by atoms with Crippen LogP contribution in [0.15, 0.2) is 54.6 Å².